The number of fused-ring (bicyclic) bond motifs is 1. The number of aliphatic hydroxyl groups is 1. The molecule has 0 unspecified atom stereocenters. The number of rotatable bonds is 6. The lowest BCUT2D eigenvalue weighted by molar-refractivity contribution is 0.0915. The Morgan fingerprint density at radius 3 is 2.80 bits per heavy atom. The Morgan fingerprint density at radius 2 is 2.04 bits per heavy atom. The molecule has 1 heterocycles. The first-order chi connectivity index (χ1) is 12.1. The highest BCUT2D eigenvalue weighted by molar-refractivity contribution is 5.94. The molecule has 1 aromatic heterocycles. The zero-order valence-corrected chi connectivity index (χ0v) is 13.8. The molecule has 3 aromatic rings. The summed E-state index contributed by atoms with van der Waals surface area (Å²) in [6, 6.07) is 13.5. The number of aliphatic hydroxyl groups excluding tert-OH is 1. The molecule has 5 N–H and O–H groups in total. The van der Waals surface area contributed by atoms with Crippen LogP contribution < -0.4 is 15.8 Å². The Labute approximate surface area is 144 Å². The molecule has 2 aromatic carbocycles. The fourth-order valence-electron chi connectivity index (χ4n) is 2.49. The number of nitrogens with zero attached hydrogens (tertiary/aromatic N) is 1. The minimum atomic E-state index is -0.760. The number of H-pyrrole nitrogens is 1. The molecule has 0 saturated carbocycles. The molecule has 25 heavy (non-hydrogen) atoms. The lowest BCUT2D eigenvalue weighted by atomic mass is 10.0. The molecule has 0 bridgehead atoms. The fourth-order valence-corrected chi connectivity index (χ4v) is 2.49. The van der Waals surface area contributed by atoms with Gasteiger partial charge in [0.25, 0.3) is 5.91 Å². The number of amides is 1. The van der Waals surface area contributed by atoms with Gasteiger partial charge in [0, 0.05) is 18.7 Å². The van der Waals surface area contributed by atoms with E-state index in [4.69, 9.17) is 10.5 Å². The minimum Gasteiger partial charge on any atom is -0.497 e. The quantitative estimate of drug-likeness (QED) is 0.540. The summed E-state index contributed by atoms with van der Waals surface area (Å²) in [6.07, 6.45) is -0.760. The number of hydrogen-bond acceptors (Lipinski definition) is 5. The average Bonchev–Trinajstić information content (AvgIpc) is 3.15. The van der Waals surface area contributed by atoms with Crippen LogP contribution in [0.15, 0.2) is 42.5 Å². The summed E-state index contributed by atoms with van der Waals surface area (Å²) >= 11 is 0. The normalized spacial score (nSPS) is 12.1. The highest BCUT2D eigenvalue weighted by Crippen LogP contribution is 2.26. The van der Waals surface area contributed by atoms with Crippen molar-refractivity contribution >= 4 is 16.7 Å². The summed E-state index contributed by atoms with van der Waals surface area (Å²) in [4.78, 5) is 12.0. The molecule has 7 heteroatoms. The highest BCUT2D eigenvalue weighted by atomic mass is 16.5. The van der Waals surface area contributed by atoms with Gasteiger partial charge in [-0.05, 0) is 35.0 Å². The third-order valence-corrected chi connectivity index (χ3v) is 3.94. The zero-order valence-electron chi connectivity index (χ0n) is 13.8. The third-order valence-electron chi connectivity index (χ3n) is 3.94. The van der Waals surface area contributed by atoms with Gasteiger partial charge in [-0.2, -0.15) is 5.10 Å². The number of nitrogens with one attached hydrogen (secondary N) is 2. The van der Waals surface area contributed by atoms with Crippen molar-refractivity contribution in [3.63, 3.8) is 0 Å². The SMILES string of the molecule is COc1ccc2cc(-c3cc(C(=O)NC[C@H](O)CN)[nH]n3)ccc2c1. The highest BCUT2D eigenvalue weighted by Gasteiger charge is 2.12. The molecule has 0 saturated heterocycles. The Hall–Kier alpha value is -2.90. The fraction of sp³-hybridized carbons (Fsp3) is 0.222. The van der Waals surface area contributed by atoms with Gasteiger partial charge >= 0.3 is 0 Å². The molecule has 0 spiro atoms. The Morgan fingerprint density at radius 1 is 1.28 bits per heavy atom. The Bertz CT molecular complexity index is 891. The van der Waals surface area contributed by atoms with Crippen LogP contribution in [0.5, 0.6) is 5.75 Å². The predicted octanol–water partition coefficient (Wildman–Crippen LogP) is 1.29. The van der Waals surface area contributed by atoms with Gasteiger partial charge in [-0.25, -0.2) is 0 Å². The second-order valence-corrected chi connectivity index (χ2v) is 5.69. The topological polar surface area (TPSA) is 113 Å². The maximum absolute atomic E-state index is 12.0. The van der Waals surface area contributed by atoms with Gasteiger partial charge < -0.3 is 20.9 Å². The maximum Gasteiger partial charge on any atom is 0.269 e. The second kappa shape index (κ2) is 7.33. The molecular weight excluding hydrogens is 320 g/mol. The molecule has 0 radical (unpaired) electrons. The van der Waals surface area contributed by atoms with Crippen molar-refractivity contribution < 1.29 is 14.6 Å². The van der Waals surface area contributed by atoms with E-state index in [1.54, 1.807) is 13.2 Å². The van der Waals surface area contributed by atoms with Crippen LogP contribution in [0.2, 0.25) is 0 Å². The lowest BCUT2D eigenvalue weighted by Crippen LogP contribution is -2.36. The van der Waals surface area contributed by atoms with Gasteiger partial charge in [-0.3, -0.25) is 9.89 Å². The number of methoxy groups -OCH3 is 1. The van der Waals surface area contributed by atoms with Crippen LogP contribution in [0, 0.1) is 0 Å². The van der Waals surface area contributed by atoms with Crippen molar-refractivity contribution in [2.75, 3.05) is 20.2 Å². The summed E-state index contributed by atoms with van der Waals surface area (Å²) in [5, 5.41) is 21.0. The van der Waals surface area contributed by atoms with E-state index in [9.17, 15) is 9.90 Å². The third kappa shape index (κ3) is 3.78. The van der Waals surface area contributed by atoms with Crippen molar-refractivity contribution in [2.45, 2.75) is 6.10 Å². The Kier molecular flexibility index (Phi) is 4.97. The van der Waals surface area contributed by atoms with E-state index < -0.39 is 6.10 Å². The number of nitrogens with two attached hydrogens (primary N) is 1. The summed E-state index contributed by atoms with van der Waals surface area (Å²) in [7, 11) is 1.64. The molecule has 0 aliphatic heterocycles. The van der Waals surface area contributed by atoms with E-state index in [-0.39, 0.29) is 19.0 Å². The number of aromatic amines is 1. The van der Waals surface area contributed by atoms with Crippen molar-refractivity contribution in [3.05, 3.63) is 48.2 Å². The molecule has 7 nitrogen and oxygen atoms in total. The van der Waals surface area contributed by atoms with Crippen LogP contribution in [0.1, 0.15) is 10.5 Å². The summed E-state index contributed by atoms with van der Waals surface area (Å²) in [5.74, 6) is 0.468. The second-order valence-electron chi connectivity index (χ2n) is 5.69. The van der Waals surface area contributed by atoms with Crippen LogP contribution in [-0.2, 0) is 0 Å². The summed E-state index contributed by atoms with van der Waals surface area (Å²) in [5.41, 5.74) is 7.21. The number of carbonyl (C=O) groups excluding carboxylic acids is 1. The number of ether oxygens (including phenoxy) is 1. The lowest BCUT2D eigenvalue weighted by Gasteiger charge is -2.07. The van der Waals surface area contributed by atoms with Gasteiger partial charge in [-0.15, -0.1) is 0 Å². The van der Waals surface area contributed by atoms with Crippen molar-refractivity contribution in [3.8, 4) is 17.0 Å². The molecule has 3 rings (SSSR count). The Balaban J connectivity index is 1.79. The number of aromatic nitrogens is 2. The van der Waals surface area contributed by atoms with Gasteiger partial charge in [0.2, 0.25) is 0 Å². The zero-order chi connectivity index (χ0) is 17.8. The van der Waals surface area contributed by atoms with Crippen LogP contribution in [0.3, 0.4) is 0 Å². The predicted molar refractivity (Wildman–Crippen MR) is 95.5 cm³/mol. The summed E-state index contributed by atoms with van der Waals surface area (Å²) < 4.78 is 5.23. The molecular formula is C18H20N4O3. The van der Waals surface area contributed by atoms with Gasteiger partial charge in [0.05, 0.1) is 18.9 Å². The standard InChI is InChI=1S/C18H20N4O3/c1-25-15-5-4-11-6-13(3-2-12(11)7-15)16-8-17(22-21-16)18(24)20-10-14(23)9-19/h2-8,14,23H,9-10,19H2,1H3,(H,20,24)(H,21,22)/t14-/m1/s1. The number of hydrogen-bond donors (Lipinski definition) is 4. The van der Waals surface area contributed by atoms with E-state index in [0.717, 1.165) is 22.1 Å². The van der Waals surface area contributed by atoms with Crippen molar-refractivity contribution in [1.82, 2.24) is 15.5 Å². The molecule has 0 aliphatic carbocycles. The minimum absolute atomic E-state index is 0.0936. The monoisotopic (exact) mass is 340 g/mol. The van der Waals surface area contributed by atoms with E-state index >= 15 is 0 Å². The molecule has 1 atom stereocenters. The summed E-state index contributed by atoms with van der Waals surface area (Å²) in [6.45, 7) is 0.192. The van der Waals surface area contributed by atoms with E-state index in [0.29, 0.717) is 11.4 Å². The smallest absolute Gasteiger partial charge is 0.269 e. The first-order valence-corrected chi connectivity index (χ1v) is 7.90. The molecule has 130 valence electrons. The van der Waals surface area contributed by atoms with Crippen molar-refractivity contribution in [1.29, 1.82) is 0 Å². The van der Waals surface area contributed by atoms with Crippen LogP contribution in [-0.4, -0.2) is 47.5 Å². The van der Waals surface area contributed by atoms with Gasteiger partial charge in [0.1, 0.15) is 11.4 Å². The van der Waals surface area contributed by atoms with Gasteiger partial charge in [0.15, 0.2) is 0 Å². The van der Waals surface area contributed by atoms with Crippen molar-refractivity contribution in [2.24, 2.45) is 5.73 Å². The average molecular weight is 340 g/mol. The van der Waals surface area contributed by atoms with Crippen LogP contribution in [0.4, 0.5) is 0 Å². The van der Waals surface area contributed by atoms with E-state index in [1.807, 2.05) is 36.4 Å². The maximum atomic E-state index is 12.0. The van der Waals surface area contributed by atoms with Gasteiger partial charge in [-0.1, -0.05) is 18.2 Å². The first-order valence-electron chi connectivity index (χ1n) is 7.90. The largest absolute Gasteiger partial charge is 0.497 e. The molecule has 1 amide bonds. The molecule has 0 fully saturated rings. The van der Waals surface area contributed by atoms with Crippen LogP contribution in [0.25, 0.3) is 22.0 Å². The first kappa shape index (κ1) is 16.9. The number of carbonyl (C=O) groups is 1. The van der Waals surface area contributed by atoms with Crippen LogP contribution >= 0.6 is 0 Å². The van der Waals surface area contributed by atoms with E-state index in [2.05, 4.69) is 15.5 Å². The van der Waals surface area contributed by atoms with E-state index in [1.165, 1.54) is 0 Å². The number of benzene rings is 2. The molecule has 0 aliphatic rings.